The van der Waals surface area contributed by atoms with Gasteiger partial charge in [0.15, 0.2) is 11.6 Å². The fourth-order valence-corrected chi connectivity index (χ4v) is 1.56. The van der Waals surface area contributed by atoms with E-state index in [9.17, 15) is 9.18 Å². The van der Waals surface area contributed by atoms with Gasteiger partial charge in [0.2, 0.25) is 0 Å². The van der Waals surface area contributed by atoms with E-state index in [1.807, 2.05) is 0 Å². The van der Waals surface area contributed by atoms with Crippen LogP contribution in [0.15, 0.2) is 18.2 Å². The summed E-state index contributed by atoms with van der Waals surface area (Å²) in [6, 6.07) is 4.59. The van der Waals surface area contributed by atoms with Gasteiger partial charge < -0.3 is 4.74 Å². The third-order valence-electron chi connectivity index (χ3n) is 2.07. The van der Waals surface area contributed by atoms with Crippen LogP contribution in [-0.2, 0) is 11.2 Å². The minimum atomic E-state index is -0.393. The second kappa shape index (κ2) is 5.26. The molecule has 0 spiro atoms. The first-order valence-corrected chi connectivity index (χ1v) is 5.43. The summed E-state index contributed by atoms with van der Waals surface area (Å²) in [4.78, 5) is 10.8. The average Bonchev–Trinajstić information content (AvgIpc) is 2.20. The molecule has 0 fully saturated rings. The Morgan fingerprint density at radius 3 is 2.80 bits per heavy atom. The second-order valence-corrected chi connectivity index (χ2v) is 4.36. The van der Waals surface area contributed by atoms with E-state index in [-0.39, 0.29) is 16.4 Å². The summed E-state index contributed by atoms with van der Waals surface area (Å²) < 4.78 is 17.9. The van der Waals surface area contributed by atoms with Crippen LogP contribution < -0.4 is 4.74 Å². The predicted molar refractivity (Wildman–Crippen MR) is 60.1 cm³/mol. The number of hydrogen-bond acceptors (Lipinski definition) is 2. The summed E-state index contributed by atoms with van der Waals surface area (Å²) in [5.74, 6) is -0.135. The number of carbonyl (C=O) groups is 1. The molecule has 15 heavy (non-hydrogen) atoms. The summed E-state index contributed by atoms with van der Waals surface area (Å²) in [5.41, 5.74) is 0.866. The lowest BCUT2D eigenvalue weighted by Crippen LogP contribution is -2.12. The zero-order valence-electron chi connectivity index (χ0n) is 8.59. The Labute approximate surface area is 96.6 Å². The number of alkyl halides is 1. The maximum absolute atomic E-state index is 13.1. The van der Waals surface area contributed by atoms with E-state index in [4.69, 9.17) is 4.74 Å². The molecule has 0 saturated heterocycles. The van der Waals surface area contributed by atoms with Crippen molar-refractivity contribution in [2.75, 3.05) is 7.11 Å². The number of rotatable bonds is 4. The third-order valence-corrected chi connectivity index (χ3v) is 3.04. The number of methoxy groups -OCH3 is 1. The highest BCUT2D eigenvalue weighted by molar-refractivity contribution is 9.10. The summed E-state index contributed by atoms with van der Waals surface area (Å²) >= 11 is 3.26. The van der Waals surface area contributed by atoms with Crippen LogP contribution in [-0.4, -0.2) is 17.7 Å². The zero-order chi connectivity index (χ0) is 11.4. The number of hydrogen-bond donors (Lipinski definition) is 0. The van der Waals surface area contributed by atoms with E-state index in [1.54, 1.807) is 12.1 Å². The first-order valence-electron chi connectivity index (χ1n) is 4.51. The second-order valence-electron chi connectivity index (χ2n) is 3.25. The smallest absolute Gasteiger partial charge is 0.165 e. The highest BCUT2D eigenvalue weighted by Crippen LogP contribution is 2.20. The third kappa shape index (κ3) is 3.30. The predicted octanol–water partition coefficient (Wildman–Crippen LogP) is 2.73. The molecule has 0 amide bonds. The Morgan fingerprint density at radius 2 is 2.27 bits per heavy atom. The van der Waals surface area contributed by atoms with Crippen molar-refractivity contribution in [3.63, 3.8) is 0 Å². The highest BCUT2D eigenvalue weighted by Gasteiger charge is 2.12. The lowest BCUT2D eigenvalue weighted by molar-refractivity contribution is -0.116. The summed E-state index contributed by atoms with van der Waals surface area (Å²) in [5, 5.41) is 0. The van der Waals surface area contributed by atoms with Gasteiger partial charge in [0.05, 0.1) is 11.9 Å². The lowest BCUT2D eigenvalue weighted by Gasteiger charge is -2.08. The Hall–Kier alpha value is -0.900. The molecule has 1 atom stereocenters. The quantitative estimate of drug-likeness (QED) is 0.790. The van der Waals surface area contributed by atoms with Crippen LogP contribution in [0.2, 0.25) is 0 Å². The summed E-state index contributed by atoms with van der Waals surface area (Å²) in [7, 11) is 1.42. The number of ether oxygens (including phenoxy) is 1. The zero-order valence-corrected chi connectivity index (χ0v) is 10.2. The molecular formula is C11H12BrFO2. The van der Waals surface area contributed by atoms with Crippen LogP contribution >= 0.6 is 15.9 Å². The minimum Gasteiger partial charge on any atom is -0.494 e. The van der Waals surface area contributed by atoms with E-state index >= 15 is 0 Å². The van der Waals surface area contributed by atoms with Gasteiger partial charge in [-0.25, -0.2) is 4.39 Å². The Morgan fingerprint density at radius 1 is 1.60 bits per heavy atom. The van der Waals surface area contributed by atoms with Gasteiger partial charge >= 0.3 is 0 Å². The highest BCUT2D eigenvalue weighted by atomic mass is 79.9. The van der Waals surface area contributed by atoms with Gasteiger partial charge in [0.1, 0.15) is 5.78 Å². The van der Waals surface area contributed by atoms with Crippen LogP contribution in [0.3, 0.4) is 0 Å². The number of carbonyl (C=O) groups excluding carboxylic acids is 1. The topological polar surface area (TPSA) is 26.3 Å². The fourth-order valence-electron chi connectivity index (χ4n) is 1.18. The molecule has 1 rings (SSSR count). The van der Waals surface area contributed by atoms with Crippen molar-refractivity contribution in [2.24, 2.45) is 0 Å². The lowest BCUT2D eigenvalue weighted by atomic mass is 10.1. The Bertz CT molecular complexity index is 366. The molecule has 0 radical (unpaired) electrons. The molecule has 0 aliphatic carbocycles. The molecule has 1 unspecified atom stereocenters. The maximum Gasteiger partial charge on any atom is 0.165 e. The number of halogens is 2. The van der Waals surface area contributed by atoms with Crippen LogP contribution in [0.5, 0.6) is 5.75 Å². The minimum absolute atomic E-state index is 0.0540. The first kappa shape index (κ1) is 12.2. The molecule has 0 saturated carbocycles. The van der Waals surface area contributed by atoms with E-state index in [1.165, 1.54) is 20.1 Å². The van der Waals surface area contributed by atoms with Gasteiger partial charge in [-0.15, -0.1) is 0 Å². The van der Waals surface area contributed by atoms with Crippen LogP contribution in [0, 0.1) is 5.82 Å². The van der Waals surface area contributed by atoms with Crippen molar-refractivity contribution < 1.29 is 13.9 Å². The van der Waals surface area contributed by atoms with E-state index < -0.39 is 5.82 Å². The molecule has 0 N–H and O–H groups in total. The molecule has 0 aliphatic heterocycles. The number of Topliss-reactive ketones (excluding diaryl/α,β-unsaturated/α-hetero) is 1. The molecule has 0 aromatic heterocycles. The van der Waals surface area contributed by atoms with E-state index in [2.05, 4.69) is 15.9 Å². The van der Waals surface area contributed by atoms with Gasteiger partial charge in [0.25, 0.3) is 0 Å². The molecule has 0 heterocycles. The molecule has 82 valence electrons. The van der Waals surface area contributed by atoms with Crippen molar-refractivity contribution in [1.29, 1.82) is 0 Å². The number of benzene rings is 1. The van der Waals surface area contributed by atoms with Crippen molar-refractivity contribution in [2.45, 2.75) is 18.2 Å². The van der Waals surface area contributed by atoms with Gasteiger partial charge in [-0.2, -0.15) is 0 Å². The molecule has 0 aliphatic rings. The van der Waals surface area contributed by atoms with Crippen LogP contribution in [0.25, 0.3) is 0 Å². The van der Waals surface area contributed by atoms with Gasteiger partial charge in [0, 0.05) is 0 Å². The van der Waals surface area contributed by atoms with E-state index in [0.717, 1.165) is 5.56 Å². The van der Waals surface area contributed by atoms with E-state index in [0.29, 0.717) is 6.42 Å². The van der Waals surface area contributed by atoms with Gasteiger partial charge in [-0.3, -0.25) is 4.79 Å². The molecule has 4 heteroatoms. The molecule has 2 nitrogen and oxygen atoms in total. The summed E-state index contributed by atoms with van der Waals surface area (Å²) in [6.45, 7) is 1.51. The van der Waals surface area contributed by atoms with Gasteiger partial charge in [-0.1, -0.05) is 22.0 Å². The summed E-state index contributed by atoms with van der Waals surface area (Å²) in [6.07, 6.45) is 0.534. The van der Waals surface area contributed by atoms with Gasteiger partial charge in [-0.05, 0) is 31.0 Å². The average molecular weight is 275 g/mol. The van der Waals surface area contributed by atoms with Crippen molar-refractivity contribution in [3.05, 3.63) is 29.6 Å². The largest absolute Gasteiger partial charge is 0.494 e. The maximum atomic E-state index is 13.1. The fraction of sp³-hybridized carbons (Fsp3) is 0.364. The Balaban J connectivity index is 2.83. The van der Waals surface area contributed by atoms with Crippen LogP contribution in [0.1, 0.15) is 12.5 Å². The molecule has 0 bridgehead atoms. The molecule has 1 aromatic carbocycles. The van der Waals surface area contributed by atoms with Crippen LogP contribution in [0.4, 0.5) is 4.39 Å². The standard InChI is InChI=1S/C11H12BrFO2/c1-7(14)9(12)5-8-3-4-10(13)11(6-8)15-2/h3-4,6,9H,5H2,1-2H3. The first-order chi connectivity index (χ1) is 7.04. The van der Waals surface area contributed by atoms with Crippen molar-refractivity contribution in [1.82, 2.24) is 0 Å². The van der Waals surface area contributed by atoms with Crippen molar-refractivity contribution >= 4 is 21.7 Å². The molecule has 1 aromatic rings. The van der Waals surface area contributed by atoms with Crippen molar-refractivity contribution in [3.8, 4) is 5.75 Å². The normalized spacial score (nSPS) is 12.3. The SMILES string of the molecule is COc1cc(CC(Br)C(C)=O)ccc1F. The number of ketones is 1. The molecular weight excluding hydrogens is 263 g/mol. The Kier molecular flexibility index (Phi) is 4.27. The monoisotopic (exact) mass is 274 g/mol.